The first kappa shape index (κ1) is 7.29. The van der Waals surface area contributed by atoms with Gasteiger partial charge in [0.15, 0.2) is 6.19 Å². The van der Waals surface area contributed by atoms with E-state index in [4.69, 9.17) is 5.26 Å². The highest BCUT2D eigenvalue weighted by Gasteiger charge is 1.87. The average Bonchev–Trinajstić information content (AvgIpc) is 1.83. The maximum atomic E-state index is 8.24. The topological polar surface area (TPSA) is 27.0 Å². The number of rotatable bonds is 3. The number of unbranched alkanes of at least 4 members (excludes halogenated alkanes) is 1. The Hall–Kier alpha value is -0.710. The molecule has 0 atom stereocenters. The molecule has 0 bridgehead atoms. The molecule has 0 aliphatic rings. The van der Waals surface area contributed by atoms with E-state index in [2.05, 4.69) is 6.92 Å². The van der Waals surface area contributed by atoms with Gasteiger partial charge in [-0.1, -0.05) is 13.3 Å². The maximum absolute atomic E-state index is 8.24. The third-order valence-corrected chi connectivity index (χ3v) is 1.02. The summed E-state index contributed by atoms with van der Waals surface area (Å²) < 4.78 is 0. The molecular weight excluding hydrogens is 100 g/mol. The van der Waals surface area contributed by atoms with Crippen LogP contribution in [-0.2, 0) is 0 Å². The predicted octanol–water partition coefficient (Wildman–Crippen LogP) is 1.20. The summed E-state index contributed by atoms with van der Waals surface area (Å²) in [5, 5.41) is 8.24. The molecule has 0 aromatic rings. The van der Waals surface area contributed by atoms with Crippen molar-refractivity contribution >= 4 is 0 Å². The van der Waals surface area contributed by atoms with Gasteiger partial charge in [0.2, 0.25) is 0 Å². The van der Waals surface area contributed by atoms with Crippen molar-refractivity contribution in [3.05, 3.63) is 0 Å². The zero-order valence-corrected chi connectivity index (χ0v) is 5.52. The number of hydrogen-bond acceptors (Lipinski definition) is 2. The van der Waals surface area contributed by atoms with Gasteiger partial charge < -0.3 is 4.90 Å². The second-order valence-electron chi connectivity index (χ2n) is 1.88. The Morgan fingerprint density at radius 2 is 2.25 bits per heavy atom. The molecule has 0 heterocycles. The molecule has 0 radical (unpaired) electrons. The number of nitriles is 1. The van der Waals surface area contributed by atoms with E-state index in [0.29, 0.717) is 0 Å². The lowest BCUT2D eigenvalue weighted by Gasteiger charge is -2.04. The quantitative estimate of drug-likeness (QED) is 0.405. The van der Waals surface area contributed by atoms with E-state index < -0.39 is 0 Å². The monoisotopic (exact) mass is 112 g/mol. The van der Waals surface area contributed by atoms with Crippen molar-refractivity contribution in [1.29, 1.82) is 5.26 Å². The van der Waals surface area contributed by atoms with Crippen molar-refractivity contribution in [3.63, 3.8) is 0 Å². The zero-order chi connectivity index (χ0) is 6.41. The predicted molar refractivity (Wildman–Crippen MR) is 33.2 cm³/mol. The van der Waals surface area contributed by atoms with E-state index in [1.54, 1.807) is 11.9 Å². The molecule has 0 aromatic heterocycles. The minimum Gasteiger partial charge on any atom is -0.314 e. The summed E-state index contributed by atoms with van der Waals surface area (Å²) in [4.78, 5) is 1.64. The summed E-state index contributed by atoms with van der Waals surface area (Å²) in [5.74, 6) is 0. The van der Waals surface area contributed by atoms with Crippen molar-refractivity contribution in [3.8, 4) is 6.19 Å². The molecule has 0 saturated heterocycles. The van der Waals surface area contributed by atoms with Gasteiger partial charge in [0.25, 0.3) is 0 Å². The second kappa shape index (κ2) is 4.45. The summed E-state index contributed by atoms with van der Waals surface area (Å²) in [6.07, 6.45) is 4.31. The second-order valence-corrected chi connectivity index (χ2v) is 1.88. The van der Waals surface area contributed by atoms with E-state index in [-0.39, 0.29) is 0 Å². The van der Waals surface area contributed by atoms with Gasteiger partial charge in [-0.2, -0.15) is 5.26 Å². The fourth-order valence-electron chi connectivity index (χ4n) is 0.445. The molecule has 0 spiro atoms. The molecule has 0 aliphatic heterocycles. The highest BCUT2D eigenvalue weighted by atomic mass is 15.1. The van der Waals surface area contributed by atoms with Crippen LogP contribution in [0.4, 0.5) is 0 Å². The third kappa shape index (κ3) is 3.48. The fourth-order valence-corrected chi connectivity index (χ4v) is 0.445. The standard InChI is InChI=1S/C6H12N2/c1-3-4-5-8(2)6-7/h3-5H2,1-2H3. The van der Waals surface area contributed by atoms with Crippen LogP contribution >= 0.6 is 0 Å². The summed E-state index contributed by atoms with van der Waals surface area (Å²) in [5.41, 5.74) is 0. The van der Waals surface area contributed by atoms with Crippen LogP contribution in [0.25, 0.3) is 0 Å². The van der Waals surface area contributed by atoms with Gasteiger partial charge in [-0.3, -0.25) is 0 Å². The van der Waals surface area contributed by atoms with Gasteiger partial charge in [0, 0.05) is 13.6 Å². The van der Waals surface area contributed by atoms with Crippen LogP contribution in [0, 0.1) is 11.5 Å². The molecule has 0 aromatic carbocycles. The smallest absolute Gasteiger partial charge is 0.179 e. The molecule has 2 heteroatoms. The first-order valence-electron chi connectivity index (χ1n) is 2.92. The van der Waals surface area contributed by atoms with Crippen molar-refractivity contribution in [2.75, 3.05) is 13.6 Å². The number of nitrogens with zero attached hydrogens (tertiary/aromatic N) is 2. The Kier molecular flexibility index (Phi) is 4.05. The molecule has 0 saturated carbocycles. The Balaban J connectivity index is 3.02. The lowest BCUT2D eigenvalue weighted by molar-refractivity contribution is 0.458. The van der Waals surface area contributed by atoms with Gasteiger partial charge in [0.1, 0.15) is 0 Å². The number of hydrogen-bond donors (Lipinski definition) is 0. The van der Waals surface area contributed by atoms with Gasteiger partial charge in [-0.15, -0.1) is 0 Å². The zero-order valence-electron chi connectivity index (χ0n) is 5.52. The van der Waals surface area contributed by atoms with Crippen LogP contribution < -0.4 is 0 Å². The first-order chi connectivity index (χ1) is 3.81. The maximum Gasteiger partial charge on any atom is 0.179 e. The highest BCUT2D eigenvalue weighted by Crippen LogP contribution is 1.87. The van der Waals surface area contributed by atoms with E-state index >= 15 is 0 Å². The van der Waals surface area contributed by atoms with Gasteiger partial charge in [-0.05, 0) is 6.42 Å². The van der Waals surface area contributed by atoms with Crippen LogP contribution in [0.2, 0.25) is 0 Å². The Morgan fingerprint density at radius 3 is 2.62 bits per heavy atom. The van der Waals surface area contributed by atoms with Crippen LogP contribution in [0.5, 0.6) is 0 Å². The Labute approximate surface area is 50.7 Å². The van der Waals surface area contributed by atoms with Gasteiger partial charge >= 0.3 is 0 Å². The third-order valence-electron chi connectivity index (χ3n) is 1.02. The molecule has 2 nitrogen and oxygen atoms in total. The lowest BCUT2D eigenvalue weighted by Crippen LogP contribution is -2.11. The summed E-state index contributed by atoms with van der Waals surface area (Å²) in [7, 11) is 1.80. The largest absolute Gasteiger partial charge is 0.314 e. The minimum atomic E-state index is 0.896. The SMILES string of the molecule is CCCCN(C)C#N. The molecule has 0 unspecified atom stereocenters. The van der Waals surface area contributed by atoms with Crippen LogP contribution in [-0.4, -0.2) is 18.5 Å². The molecule has 0 aliphatic carbocycles. The highest BCUT2D eigenvalue weighted by molar-refractivity contribution is 4.67. The molecule has 46 valence electrons. The van der Waals surface area contributed by atoms with E-state index in [9.17, 15) is 0 Å². The molecule has 0 amide bonds. The molecule has 0 rings (SSSR count). The van der Waals surface area contributed by atoms with Gasteiger partial charge in [-0.25, -0.2) is 0 Å². The van der Waals surface area contributed by atoms with Crippen LogP contribution in [0.1, 0.15) is 19.8 Å². The fraction of sp³-hybridized carbons (Fsp3) is 0.833. The van der Waals surface area contributed by atoms with E-state index in [1.165, 1.54) is 0 Å². The van der Waals surface area contributed by atoms with Gasteiger partial charge in [0.05, 0.1) is 0 Å². The van der Waals surface area contributed by atoms with Crippen LogP contribution in [0.3, 0.4) is 0 Å². The lowest BCUT2D eigenvalue weighted by atomic mass is 10.3. The van der Waals surface area contributed by atoms with Crippen molar-refractivity contribution < 1.29 is 0 Å². The van der Waals surface area contributed by atoms with Crippen molar-refractivity contribution in [1.82, 2.24) is 4.90 Å². The first-order valence-corrected chi connectivity index (χ1v) is 2.92. The molecule has 0 fully saturated rings. The Bertz CT molecular complexity index is 83.0. The summed E-state index contributed by atoms with van der Waals surface area (Å²) in [6.45, 7) is 3.01. The minimum absolute atomic E-state index is 0.896. The Morgan fingerprint density at radius 1 is 1.62 bits per heavy atom. The molecular formula is C6H12N2. The molecule has 0 N–H and O–H groups in total. The summed E-state index contributed by atoms with van der Waals surface area (Å²) in [6, 6.07) is 0. The van der Waals surface area contributed by atoms with E-state index in [1.807, 2.05) is 6.19 Å². The van der Waals surface area contributed by atoms with Crippen LogP contribution in [0.15, 0.2) is 0 Å². The summed E-state index contributed by atoms with van der Waals surface area (Å²) >= 11 is 0. The average molecular weight is 112 g/mol. The molecule has 8 heavy (non-hydrogen) atoms. The van der Waals surface area contributed by atoms with Crippen molar-refractivity contribution in [2.24, 2.45) is 0 Å². The van der Waals surface area contributed by atoms with Crippen molar-refractivity contribution in [2.45, 2.75) is 19.8 Å². The normalized spacial score (nSPS) is 8.12. The van der Waals surface area contributed by atoms with E-state index in [0.717, 1.165) is 19.4 Å².